The van der Waals surface area contributed by atoms with E-state index in [9.17, 15) is 0 Å². The van der Waals surface area contributed by atoms with Crippen molar-refractivity contribution in [1.82, 2.24) is 19.8 Å². The highest BCUT2D eigenvalue weighted by Crippen LogP contribution is 2.36. The van der Waals surface area contributed by atoms with Gasteiger partial charge in [0.15, 0.2) is 0 Å². The first kappa shape index (κ1) is 16.3. The largest absolute Gasteiger partial charge is 0.358 e. The number of pyridine rings is 1. The van der Waals surface area contributed by atoms with Gasteiger partial charge in [0.25, 0.3) is 0 Å². The van der Waals surface area contributed by atoms with Crippen molar-refractivity contribution in [3.63, 3.8) is 0 Å². The van der Waals surface area contributed by atoms with Gasteiger partial charge >= 0.3 is 0 Å². The van der Waals surface area contributed by atoms with Gasteiger partial charge < -0.3 is 9.88 Å². The molecule has 1 aromatic carbocycles. The summed E-state index contributed by atoms with van der Waals surface area (Å²) >= 11 is 0. The predicted octanol–water partition coefficient (Wildman–Crippen LogP) is 3.60. The van der Waals surface area contributed by atoms with E-state index in [1.54, 1.807) is 0 Å². The SMILES string of the molecule is CCN1CCN([C@@H](c2ccncc2)c2c(C)[nH]c3ccccc23)CC1. The molecule has 0 amide bonds. The average Bonchev–Trinajstić information content (AvgIpc) is 3.00. The fourth-order valence-electron chi connectivity index (χ4n) is 4.09. The maximum atomic E-state index is 4.23. The number of rotatable bonds is 4. The van der Waals surface area contributed by atoms with Gasteiger partial charge in [-0.05, 0) is 37.2 Å². The van der Waals surface area contributed by atoms with Gasteiger partial charge in [0, 0.05) is 60.7 Å². The zero-order chi connectivity index (χ0) is 17.2. The Hall–Kier alpha value is -2.17. The number of hydrogen-bond acceptors (Lipinski definition) is 3. The van der Waals surface area contributed by atoms with Crippen molar-refractivity contribution in [3.05, 3.63) is 65.6 Å². The summed E-state index contributed by atoms with van der Waals surface area (Å²) < 4.78 is 0. The molecule has 4 nitrogen and oxygen atoms in total. The van der Waals surface area contributed by atoms with E-state index in [2.05, 4.69) is 70.0 Å². The lowest BCUT2D eigenvalue weighted by molar-refractivity contribution is 0.113. The van der Waals surface area contributed by atoms with E-state index in [4.69, 9.17) is 0 Å². The highest BCUT2D eigenvalue weighted by molar-refractivity contribution is 5.85. The molecule has 1 aliphatic heterocycles. The van der Waals surface area contributed by atoms with Crippen molar-refractivity contribution >= 4 is 10.9 Å². The number of hydrogen-bond donors (Lipinski definition) is 1. The molecule has 130 valence electrons. The molecule has 1 aliphatic rings. The molecular weight excluding hydrogens is 308 g/mol. The summed E-state index contributed by atoms with van der Waals surface area (Å²) in [5.41, 5.74) is 5.22. The molecule has 1 fully saturated rings. The summed E-state index contributed by atoms with van der Waals surface area (Å²) in [6.45, 7) is 10.1. The Morgan fingerprint density at radius 3 is 2.48 bits per heavy atom. The second-order valence-electron chi connectivity index (χ2n) is 6.86. The molecule has 4 rings (SSSR count). The molecule has 25 heavy (non-hydrogen) atoms. The first-order valence-electron chi connectivity index (χ1n) is 9.21. The highest BCUT2D eigenvalue weighted by atomic mass is 15.3. The average molecular weight is 334 g/mol. The van der Waals surface area contributed by atoms with Crippen LogP contribution in [0.1, 0.15) is 29.8 Å². The summed E-state index contributed by atoms with van der Waals surface area (Å²) in [4.78, 5) is 13.0. The third kappa shape index (κ3) is 3.08. The molecule has 0 radical (unpaired) electrons. The normalized spacial score (nSPS) is 17.8. The number of aromatic amines is 1. The van der Waals surface area contributed by atoms with Gasteiger partial charge in [-0.2, -0.15) is 0 Å². The monoisotopic (exact) mass is 334 g/mol. The van der Waals surface area contributed by atoms with Crippen LogP contribution in [0.2, 0.25) is 0 Å². The smallest absolute Gasteiger partial charge is 0.0627 e. The first-order valence-corrected chi connectivity index (χ1v) is 9.21. The zero-order valence-corrected chi connectivity index (χ0v) is 15.1. The molecule has 1 atom stereocenters. The second kappa shape index (κ2) is 6.98. The van der Waals surface area contributed by atoms with Crippen molar-refractivity contribution in [2.75, 3.05) is 32.7 Å². The number of para-hydroxylation sites is 1. The Labute approximate surface area is 149 Å². The van der Waals surface area contributed by atoms with Crippen LogP contribution in [-0.2, 0) is 0 Å². The Bertz CT molecular complexity index is 831. The summed E-state index contributed by atoms with van der Waals surface area (Å²) in [5.74, 6) is 0. The number of H-pyrrole nitrogens is 1. The van der Waals surface area contributed by atoms with E-state index in [0.717, 1.165) is 32.7 Å². The standard InChI is InChI=1S/C21H26N4/c1-3-24-12-14-25(15-13-24)21(17-8-10-22-11-9-17)20-16(2)23-19-7-5-4-6-18(19)20/h4-11,21,23H,3,12-15H2,1-2H3/t21-/m0/s1. The molecule has 0 aliphatic carbocycles. The maximum Gasteiger partial charge on any atom is 0.0627 e. The molecule has 3 aromatic rings. The van der Waals surface area contributed by atoms with Gasteiger partial charge in [-0.25, -0.2) is 0 Å². The van der Waals surface area contributed by atoms with Crippen molar-refractivity contribution < 1.29 is 0 Å². The zero-order valence-electron chi connectivity index (χ0n) is 15.1. The van der Waals surface area contributed by atoms with E-state index in [1.807, 2.05) is 12.4 Å². The van der Waals surface area contributed by atoms with Crippen LogP contribution in [0.5, 0.6) is 0 Å². The Morgan fingerprint density at radius 1 is 1.04 bits per heavy atom. The van der Waals surface area contributed by atoms with Gasteiger partial charge in [-0.1, -0.05) is 25.1 Å². The number of likely N-dealkylation sites (N-methyl/N-ethyl adjacent to an activating group) is 1. The number of aryl methyl sites for hydroxylation is 1. The predicted molar refractivity (Wildman–Crippen MR) is 103 cm³/mol. The summed E-state index contributed by atoms with van der Waals surface area (Å²) in [6, 6.07) is 13.3. The fraction of sp³-hybridized carbons (Fsp3) is 0.381. The van der Waals surface area contributed by atoms with Crippen LogP contribution in [0.4, 0.5) is 0 Å². The lowest BCUT2D eigenvalue weighted by Gasteiger charge is -2.39. The molecule has 1 N–H and O–H groups in total. The molecule has 0 unspecified atom stereocenters. The van der Waals surface area contributed by atoms with Crippen LogP contribution in [0.15, 0.2) is 48.8 Å². The number of piperazine rings is 1. The van der Waals surface area contributed by atoms with E-state index in [0.29, 0.717) is 0 Å². The van der Waals surface area contributed by atoms with Gasteiger partial charge in [-0.15, -0.1) is 0 Å². The molecule has 1 saturated heterocycles. The lowest BCUT2D eigenvalue weighted by atomic mass is 9.94. The van der Waals surface area contributed by atoms with Crippen LogP contribution in [0, 0.1) is 6.92 Å². The van der Waals surface area contributed by atoms with Gasteiger partial charge in [0.1, 0.15) is 0 Å². The van der Waals surface area contributed by atoms with E-state index >= 15 is 0 Å². The van der Waals surface area contributed by atoms with Crippen molar-refractivity contribution in [3.8, 4) is 0 Å². The molecule has 3 heterocycles. The van der Waals surface area contributed by atoms with Crippen molar-refractivity contribution in [1.29, 1.82) is 0 Å². The van der Waals surface area contributed by atoms with Crippen LogP contribution in [0.25, 0.3) is 10.9 Å². The van der Waals surface area contributed by atoms with E-state index in [-0.39, 0.29) is 6.04 Å². The number of fused-ring (bicyclic) bond motifs is 1. The third-order valence-electron chi connectivity index (χ3n) is 5.46. The molecule has 0 saturated carbocycles. The quantitative estimate of drug-likeness (QED) is 0.792. The van der Waals surface area contributed by atoms with Crippen molar-refractivity contribution in [2.45, 2.75) is 19.9 Å². The van der Waals surface area contributed by atoms with Gasteiger partial charge in [0.05, 0.1) is 6.04 Å². The number of aromatic nitrogens is 2. The Kier molecular flexibility index (Phi) is 4.55. The summed E-state index contributed by atoms with van der Waals surface area (Å²) in [7, 11) is 0. The van der Waals surface area contributed by atoms with Crippen LogP contribution in [-0.4, -0.2) is 52.5 Å². The topological polar surface area (TPSA) is 35.2 Å². The molecule has 4 heteroatoms. The van der Waals surface area contributed by atoms with E-state index < -0.39 is 0 Å². The second-order valence-corrected chi connectivity index (χ2v) is 6.86. The first-order chi connectivity index (χ1) is 12.3. The Balaban J connectivity index is 1.79. The number of benzene rings is 1. The van der Waals surface area contributed by atoms with Gasteiger partial charge in [-0.3, -0.25) is 9.88 Å². The molecule has 0 spiro atoms. The molecular formula is C21H26N4. The lowest BCUT2D eigenvalue weighted by Crippen LogP contribution is -2.47. The number of nitrogens with one attached hydrogen (secondary N) is 1. The minimum Gasteiger partial charge on any atom is -0.358 e. The minimum absolute atomic E-state index is 0.276. The molecule has 0 bridgehead atoms. The summed E-state index contributed by atoms with van der Waals surface area (Å²) in [6.07, 6.45) is 3.82. The van der Waals surface area contributed by atoms with Crippen LogP contribution >= 0.6 is 0 Å². The summed E-state index contributed by atoms with van der Waals surface area (Å²) in [5, 5.41) is 1.33. The minimum atomic E-state index is 0.276. The number of nitrogens with zero attached hydrogens (tertiary/aromatic N) is 3. The third-order valence-corrected chi connectivity index (χ3v) is 5.46. The molecule has 2 aromatic heterocycles. The van der Waals surface area contributed by atoms with Crippen LogP contribution in [0.3, 0.4) is 0 Å². The Morgan fingerprint density at radius 2 is 1.76 bits per heavy atom. The van der Waals surface area contributed by atoms with Crippen molar-refractivity contribution in [2.24, 2.45) is 0 Å². The maximum absolute atomic E-state index is 4.23. The van der Waals surface area contributed by atoms with Crippen LogP contribution < -0.4 is 0 Å². The van der Waals surface area contributed by atoms with E-state index in [1.165, 1.54) is 27.7 Å². The highest BCUT2D eigenvalue weighted by Gasteiger charge is 2.29. The fourth-order valence-corrected chi connectivity index (χ4v) is 4.09. The van der Waals surface area contributed by atoms with Gasteiger partial charge in [0.2, 0.25) is 0 Å².